The Hall–Kier alpha value is -0.510. The molecule has 9 heavy (non-hydrogen) atoms. The van der Waals surface area contributed by atoms with Gasteiger partial charge in [0.2, 0.25) is 5.17 Å². The average Bonchev–Trinajstić information content (AvgIpc) is 1.82. The Bertz CT molecular complexity index is 153. The first-order valence-electron chi connectivity index (χ1n) is 2.57. The van der Waals surface area contributed by atoms with Crippen molar-refractivity contribution in [2.75, 3.05) is 12.8 Å². The minimum absolute atomic E-state index is 0.331. The van der Waals surface area contributed by atoms with E-state index in [0.29, 0.717) is 11.7 Å². The highest BCUT2D eigenvalue weighted by Gasteiger charge is 1.96. The quantitative estimate of drug-likeness (QED) is 0.391. The highest BCUT2D eigenvalue weighted by atomic mass is 32.2. The van der Waals surface area contributed by atoms with Gasteiger partial charge in [-0.2, -0.15) is 0 Å². The number of amidine groups is 1. The van der Waals surface area contributed by atoms with Gasteiger partial charge in [0, 0.05) is 12.8 Å². The highest BCUT2D eigenvalue weighted by molar-refractivity contribution is 7.99. The van der Waals surface area contributed by atoms with Crippen LogP contribution in [0.25, 0.3) is 0 Å². The summed E-state index contributed by atoms with van der Waals surface area (Å²) in [7, 11) is -1.08. The van der Waals surface area contributed by atoms with E-state index in [2.05, 4.69) is 16.7 Å². The summed E-state index contributed by atoms with van der Waals surface area (Å²) in [5, 5.41) is 0.331. The summed E-state index contributed by atoms with van der Waals surface area (Å²) < 4.78 is 10.6. The molecule has 1 unspecified atom stereocenters. The van der Waals surface area contributed by atoms with E-state index in [9.17, 15) is 4.21 Å². The summed E-state index contributed by atoms with van der Waals surface area (Å²) in [5.41, 5.74) is 0. The lowest BCUT2D eigenvalue weighted by molar-refractivity contribution is 0.692. The van der Waals surface area contributed by atoms with Crippen LogP contribution in [0.4, 0.5) is 0 Å². The molecule has 0 N–H and O–H groups in total. The molecule has 0 spiro atoms. The van der Waals surface area contributed by atoms with Crippen molar-refractivity contribution in [1.29, 1.82) is 0 Å². The molecule has 0 saturated heterocycles. The van der Waals surface area contributed by atoms with Crippen LogP contribution in [0.5, 0.6) is 0 Å². The van der Waals surface area contributed by atoms with Crippen LogP contribution in [-0.2, 0) is 10.8 Å². The Morgan fingerprint density at radius 3 is 2.44 bits per heavy atom. The molecule has 0 aliphatic rings. The maximum absolute atomic E-state index is 10.6. The third-order valence-electron chi connectivity index (χ3n) is 0.686. The summed E-state index contributed by atoms with van der Waals surface area (Å²) in [4.78, 5) is 7.31. The van der Waals surface area contributed by atoms with Gasteiger partial charge in [-0.15, -0.1) is 0 Å². The predicted octanol–water partition coefficient (Wildman–Crippen LogP) is 0.441. The van der Waals surface area contributed by atoms with Crippen molar-refractivity contribution in [1.82, 2.24) is 0 Å². The summed E-state index contributed by atoms with van der Waals surface area (Å²) >= 11 is 0. The zero-order chi connectivity index (χ0) is 7.28. The molecular weight excluding hydrogens is 136 g/mol. The molecule has 0 radical (unpaired) electrons. The normalized spacial score (nSPS) is 15.1. The number of hydrogen-bond donors (Lipinski definition) is 0. The Morgan fingerprint density at radius 1 is 1.78 bits per heavy atom. The van der Waals surface area contributed by atoms with Crippen LogP contribution in [0.2, 0.25) is 0 Å². The van der Waals surface area contributed by atoms with E-state index < -0.39 is 10.8 Å². The molecule has 0 heterocycles. The van der Waals surface area contributed by atoms with Crippen LogP contribution in [-0.4, -0.2) is 28.9 Å². The number of aliphatic imine (C=N–C) groups is 2. The van der Waals surface area contributed by atoms with Crippen LogP contribution >= 0.6 is 0 Å². The van der Waals surface area contributed by atoms with Gasteiger partial charge in [0.25, 0.3) is 0 Å². The summed E-state index contributed by atoms with van der Waals surface area (Å²) in [6.45, 7) is 5.69. The molecule has 3 nitrogen and oxygen atoms in total. The van der Waals surface area contributed by atoms with Crippen molar-refractivity contribution in [3.05, 3.63) is 0 Å². The Balaban J connectivity index is 4.14. The highest BCUT2D eigenvalue weighted by Crippen LogP contribution is 1.84. The van der Waals surface area contributed by atoms with Gasteiger partial charge in [0.1, 0.15) is 0 Å². The summed E-state index contributed by atoms with van der Waals surface area (Å²) in [6.07, 6.45) is 1.53. The topological polar surface area (TPSA) is 41.8 Å². The zero-order valence-electron chi connectivity index (χ0n) is 5.63. The Kier molecular flexibility index (Phi) is 4.13. The van der Waals surface area contributed by atoms with Crippen molar-refractivity contribution < 1.29 is 4.21 Å². The first-order chi connectivity index (χ1) is 4.22. The third kappa shape index (κ3) is 3.13. The van der Waals surface area contributed by atoms with E-state index >= 15 is 0 Å². The van der Waals surface area contributed by atoms with E-state index in [1.165, 1.54) is 6.26 Å². The molecule has 0 fully saturated rings. The average molecular weight is 146 g/mol. The monoisotopic (exact) mass is 146 g/mol. The fourth-order valence-electron chi connectivity index (χ4n) is 0.367. The lowest BCUT2D eigenvalue weighted by atomic mass is 10.8. The van der Waals surface area contributed by atoms with Gasteiger partial charge in [0.15, 0.2) is 0 Å². The van der Waals surface area contributed by atoms with Gasteiger partial charge >= 0.3 is 0 Å². The van der Waals surface area contributed by atoms with Crippen LogP contribution in [0.1, 0.15) is 6.92 Å². The van der Waals surface area contributed by atoms with Crippen LogP contribution in [0.3, 0.4) is 0 Å². The Labute approximate surface area is 57.4 Å². The van der Waals surface area contributed by atoms with E-state index in [1.54, 1.807) is 0 Å². The molecule has 52 valence electrons. The zero-order valence-corrected chi connectivity index (χ0v) is 6.44. The SMILES string of the molecule is C=NC(=NCC)S(C)=O. The molecule has 0 aliphatic heterocycles. The predicted molar refractivity (Wildman–Crippen MR) is 41.6 cm³/mol. The minimum Gasteiger partial charge on any atom is -0.259 e. The van der Waals surface area contributed by atoms with Gasteiger partial charge in [0.05, 0.1) is 10.8 Å². The van der Waals surface area contributed by atoms with Gasteiger partial charge in [-0.1, -0.05) is 0 Å². The molecule has 0 aromatic carbocycles. The van der Waals surface area contributed by atoms with Crippen molar-refractivity contribution in [3.63, 3.8) is 0 Å². The number of nitrogens with zero attached hydrogens (tertiary/aromatic N) is 2. The Morgan fingerprint density at radius 2 is 2.33 bits per heavy atom. The first-order valence-corrected chi connectivity index (χ1v) is 4.12. The van der Waals surface area contributed by atoms with Gasteiger partial charge < -0.3 is 0 Å². The summed E-state index contributed by atoms with van der Waals surface area (Å²) in [6, 6.07) is 0. The second kappa shape index (κ2) is 4.38. The molecular formula is C5H10N2OS. The van der Waals surface area contributed by atoms with Gasteiger partial charge in [-0.25, -0.2) is 4.99 Å². The molecule has 0 amide bonds. The van der Waals surface area contributed by atoms with Crippen molar-refractivity contribution in [3.8, 4) is 0 Å². The van der Waals surface area contributed by atoms with E-state index in [-0.39, 0.29) is 0 Å². The fraction of sp³-hybridized carbons (Fsp3) is 0.600. The molecule has 0 aromatic heterocycles. The van der Waals surface area contributed by atoms with Crippen LogP contribution in [0, 0.1) is 0 Å². The molecule has 1 atom stereocenters. The van der Waals surface area contributed by atoms with E-state index in [1.807, 2.05) is 6.92 Å². The van der Waals surface area contributed by atoms with Crippen molar-refractivity contribution in [2.45, 2.75) is 6.92 Å². The molecule has 0 aromatic rings. The standard InChI is InChI=1S/C5H10N2OS/c1-4-7-5(6-2)9(3)8/h2,4H2,1,3H3. The molecule has 0 rings (SSSR count). The lowest BCUT2D eigenvalue weighted by Gasteiger charge is -1.90. The van der Waals surface area contributed by atoms with Gasteiger partial charge in [-0.3, -0.25) is 9.20 Å². The minimum atomic E-state index is -1.08. The smallest absolute Gasteiger partial charge is 0.212 e. The van der Waals surface area contributed by atoms with Gasteiger partial charge in [-0.05, 0) is 13.6 Å². The molecule has 0 saturated carbocycles. The second-order valence-electron chi connectivity index (χ2n) is 1.37. The van der Waals surface area contributed by atoms with Crippen molar-refractivity contribution in [2.24, 2.45) is 9.98 Å². The maximum Gasteiger partial charge on any atom is 0.212 e. The molecule has 4 heteroatoms. The molecule has 0 aliphatic carbocycles. The van der Waals surface area contributed by atoms with Crippen molar-refractivity contribution >= 4 is 22.7 Å². The number of hydrogen-bond acceptors (Lipinski definition) is 2. The third-order valence-corrected chi connectivity index (χ3v) is 1.46. The fourth-order valence-corrected chi connectivity index (χ4v) is 0.860. The first kappa shape index (κ1) is 8.49. The van der Waals surface area contributed by atoms with Crippen LogP contribution < -0.4 is 0 Å². The largest absolute Gasteiger partial charge is 0.259 e. The second-order valence-corrected chi connectivity index (χ2v) is 2.64. The molecule has 0 bridgehead atoms. The van der Waals surface area contributed by atoms with Crippen LogP contribution in [0.15, 0.2) is 9.98 Å². The maximum atomic E-state index is 10.6. The van der Waals surface area contributed by atoms with E-state index in [0.717, 1.165) is 0 Å². The summed E-state index contributed by atoms with van der Waals surface area (Å²) in [5.74, 6) is 0. The van der Waals surface area contributed by atoms with E-state index in [4.69, 9.17) is 0 Å². The number of rotatable bonds is 1. The lowest BCUT2D eigenvalue weighted by Crippen LogP contribution is -2.01.